The van der Waals surface area contributed by atoms with Gasteiger partial charge in [-0.2, -0.15) is 5.10 Å². The summed E-state index contributed by atoms with van der Waals surface area (Å²) in [5.74, 6) is 1.28. The molecule has 0 saturated carbocycles. The van der Waals surface area contributed by atoms with Gasteiger partial charge in [-0.25, -0.2) is 14.6 Å². The second-order valence-electron chi connectivity index (χ2n) is 6.54. The molecule has 26 heavy (non-hydrogen) atoms. The molecule has 0 fully saturated rings. The third-order valence-corrected chi connectivity index (χ3v) is 4.86. The van der Waals surface area contributed by atoms with Crippen molar-refractivity contribution in [2.45, 2.75) is 39.3 Å². The van der Waals surface area contributed by atoms with E-state index in [1.807, 2.05) is 26.1 Å². The van der Waals surface area contributed by atoms with Crippen LogP contribution in [0.15, 0.2) is 30.6 Å². The molecular formula is C18H19ClN6O. The summed E-state index contributed by atoms with van der Waals surface area (Å²) in [6.07, 6.45) is 5.30. The molecule has 1 aliphatic heterocycles. The number of aromatic nitrogens is 5. The number of rotatable bonds is 3. The molecule has 0 spiro atoms. The Morgan fingerprint density at radius 1 is 1.35 bits per heavy atom. The molecule has 0 aromatic carbocycles. The Labute approximate surface area is 156 Å². The number of carbonyl (C=O) groups excluding carboxylic acids is 1. The molecule has 1 amide bonds. The van der Waals surface area contributed by atoms with Crippen molar-refractivity contribution in [1.29, 1.82) is 0 Å². The van der Waals surface area contributed by atoms with E-state index in [4.69, 9.17) is 11.6 Å². The molecule has 4 heterocycles. The van der Waals surface area contributed by atoms with Crippen molar-refractivity contribution >= 4 is 17.5 Å². The lowest BCUT2D eigenvalue weighted by Gasteiger charge is -2.24. The number of imidazole rings is 1. The van der Waals surface area contributed by atoms with Crippen LogP contribution >= 0.6 is 11.6 Å². The fraction of sp³-hybridized carbons (Fsp3) is 0.333. The lowest BCUT2D eigenvalue weighted by molar-refractivity contribution is 0.0925. The van der Waals surface area contributed by atoms with Crippen LogP contribution in [0.4, 0.5) is 0 Å². The van der Waals surface area contributed by atoms with Gasteiger partial charge < -0.3 is 9.88 Å². The number of fused-ring (bicyclic) bond motifs is 1. The molecule has 3 aromatic heterocycles. The van der Waals surface area contributed by atoms with Gasteiger partial charge in [-0.1, -0.05) is 11.6 Å². The van der Waals surface area contributed by atoms with Gasteiger partial charge in [0.25, 0.3) is 5.91 Å². The molecule has 0 radical (unpaired) electrons. The third kappa shape index (κ3) is 3.10. The fourth-order valence-electron chi connectivity index (χ4n) is 3.30. The first-order chi connectivity index (χ1) is 12.5. The molecule has 4 rings (SSSR count). The fourth-order valence-corrected chi connectivity index (χ4v) is 3.49. The van der Waals surface area contributed by atoms with Gasteiger partial charge in [-0.3, -0.25) is 4.79 Å². The van der Waals surface area contributed by atoms with Gasteiger partial charge >= 0.3 is 0 Å². The predicted octanol–water partition coefficient (Wildman–Crippen LogP) is 2.48. The van der Waals surface area contributed by atoms with Gasteiger partial charge in [0, 0.05) is 37.1 Å². The molecular weight excluding hydrogens is 352 g/mol. The van der Waals surface area contributed by atoms with Crippen LogP contribution in [0, 0.1) is 13.8 Å². The Bertz CT molecular complexity index is 976. The molecule has 1 N–H and O–H groups in total. The molecule has 0 aliphatic carbocycles. The van der Waals surface area contributed by atoms with Crippen LogP contribution in [0.1, 0.15) is 34.1 Å². The van der Waals surface area contributed by atoms with Gasteiger partial charge in [0.05, 0.1) is 10.7 Å². The van der Waals surface area contributed by atoms with Crippen molar-refractivity contribution in [3.63, 3.8) is 0 Å². The van der Waals surface area contributed by atoms with Crippen molar-refractivity contribution in [2.24, 2.45) is 0 Å². The number of hydrogen-bond acceptors (Lipinski definition) is 4. The zero-order valence-corrected chi connectivity index (χ0v) is 15.4. The van der Waals surface area contributed by atoms with E-state index in [1.165, 1.54) is 0 Å². The first kappa shape index (κ1) is 16.8. The average molecular weight is 371 g/mol. The highest BCUT2D eigenvalue weighted by Gasteiger charge is 2.23. The number of aryl methyl sites for hydroxylation is 3. The quantitative estimate of drug-likeness (QED) is 0.768. The van der Waals surface area contributed by atoms with Crippen LogP contribution in [-0.2, 0) is 13.0 Å². The summed E-state index contributed by atoms with van der Waals surface area (Å²) in [6, 6.07) is 5.42. The van der Waals surface area contributed by atoms with E-state index in [0.717, 1.165) is 30.2 Å². The lowest BCUT2D eigenvalue weighted by Crippen LogP contribution is -2.40. The largest absolute Gasteiger partial charge is 0.347 e. The summed E-state index contributed by atoms with van der Waals surface area (Å²) in [6.45, 7) is 4.70. The Balaban J connectivity index is 1.56. The molecule has 0 saturated heterocycles. The Morgan fingerprint density at radius 2 is 2.19 bits per heavy atom. The first-order valence-corrected chi connectivity index (χ1v) is 8.90. The topological polar surface area (TPSA) is 77.6 Å². The highest BCUT2D eigenvalue weighted by atomic mass is 35.5. The second-order valence-corrected chi connectivity index (χ2v) is 6.95. The molecule has 134 valence electrons. The van der Waals surface area contributed by atoms with Gasteiger partial charge in [-0.05, 0) is 38.5 Å². The molecule has 8 heteroatoms. The van der Waals surface area contributed by atoms with Crippen LogP contribution in [0.2, 0.25) is 5.02 Å². The van der Waals surface area contributed by atoms with E-state index >= 15 is 0 Å². The van der Waals surface area contributed by atoms with Gasteiger partial charge in [-0.15, -0.1) is 0 Å². The third-order valence-electron chi connectivity index (χ3n) is 4.56. The van der Waals surface area contributed by atoms with Crippen LogP contribution in [0.3, 0.4) is 0 Å². The Kier molecular flexibility index (Phi) is 4.24. The normalized spacial score (nSPS) is 16.3. The number of amides is 1. The van der Waals surface area contributed by atoms with Crippen LogP contribution in [0.25, 0.3) is 5.82 Å². The summed E-state index contributed by atoms with van der Waals surface area (Å²) in [4.78, 5) is 21.5. The SMILES string of the molecule is Cc1cc(C)n(-c2ccc(Cl)c(C(=O)NC3CCn4ccnc4C3)n2)n1. The van der Waals surface area contributed by atoms with E-state index in [0.29, 0.717) is 17.3 Å². The highest BCUT2D eigenvalue weighted by molar-refractivity contribution is 6.33. The number of nitrogens with one attached hydrogen (secondary N) is 1. The Morgan fingerprint density at radius 3 is 2.96 bits per heavy atom. The maximum absolute atomic E-state index is 12.7. The standard InChI is InChI=1S/C18H19ClN6O/c1-11-9-12(2)25(23-11)15-4-3-14(19)17(22-15)18(26)21-13-5-7-24-8-6-20-16(24)10-13/h3-4,6,8-9,13H,5,7,10H2,1-2H3,(H,21,26). The minimum absolute atomic E-state index is 0.0209. The minimum atomic E-state index is -0.275. The maximum atomic E-state index is 12.7. The average Bonchev–Trinajstić information content (AvgIpc) is 3.20. The number of hydrogen-bond donors (Lipinski definition) is 1. The van der Waals surface area contributed by atoms with E-state index in [1.54, 1.807) is 23.0 Å². The van der Waals surface area contributed by atoms with Crippen molar-refractivity contribution in [1.82, 2.24) is 29.6 Å². The number of pyridine rings is 1. The van der Waals surface area contributed by atoms with Gasteiger partial charge in [0.15, 0.2) is 5.82 Å². The Hall–Kier alpha value is -2.67. The van der Waals surface area contributed by atoms with E-state index in [2.05, 4.69) is 25.0 Å². The molecule has 1 unspecified atom stereocenters. The smallest absolute Gasteiger partial charge is 0.271 e. The van der Waals surface area contributed by atoms with Crippen molar-refractivity contribution < 1.29 is 4.79 Å². The van der Waals surface area contributed by atoms with E-state index in [9.17, 15) is 4.79 Å². The number of carbonyl (C=O) groups is 1. The predicted molar refractivity (Wildman–Crippen MR) is 97.6 cm³/mol. The zero-order chi connectivity index (χ0) is 18.3. The monoisotopic (exact) mass is 370 g/mol. The van der Waals surface area contributed by atoms with Gasteiger partial charge in [0.2, 0.25) is 0 Å². The molecule has 7 nitrogen and oxygen atoms in total. The zero-order valence-electron chi connectivity index (χ0n) is 14.6. The summed E-state index contributed by atoms with van der Waals surface area (Å²) in [5, 5.41) is 7.77. The first-order valence-electron chi connectivity index (χ1n) is 8.52. The number of nitrogens with zero attached hydrogens (tertiary/aromatic N) is 5. The summed E-state index contributed by atoms with van der Waals surface area (Å²) in [5.41, 5.74) is 2.05. The highest BCUT2D eigenvalue weighted by Crippen LogP contribution is 2.19. The summed E-state index contributed by atoms with van der Waals surface area (Å²) in [7, 11) is 0. The molecule has 3 aromatic rings. The molecule has 1 atom stereocenters. The summed E-state index contributed by atoms with van der Waals surface area (Å²) < 4.78 is 3.82. The van der Waals surface area contributed by atoms with Crippen molar-refractivity contribution in [3.8, 4) is 5.82 Å². The maximum Gasteiger partial charge on any atom is 0.271 e. The minimum Gasteiger partial charge on any atom is -0.347 e. The molecule has 1 aliphatic rings. The van der Waals surface area contributed by atoms with Gasteiger partial charge in [0.1, 0.15) is 11.5 Å². The van der Waals surface area contributed by atoms with E-state index < -0.39 is 0 Å². The van der Waals surface area contributed by atoms with Crippen LogP contribution in [-0.4, -0.2) is 36.3 Å². The summed E-state index contributed by atoms with van der Waals surface area (Å²) >= 11 is 6.24. The number of halogens is 1. The molecule has 0 bridgehead atoms. The van der Waals surface area contributed by atoms with Crippen LogP contribution < -0.4 is 5.32 Å². The van der Waals surface area contributed by atoms with E-state index in [-0.39, 0.29) is 17.6 Å². The van der Waals surface area contributed by atoms with Crippen molar-refractivity contribution in [2.75, 3.05) is 0 Å². The van der Waals surface area contributed by atoms with Crippen LogP contribution in [0.5, 0.6) is 0 Å². The van der Waals surface area contributed by atoms with Crippen molar-refractivity contribution in [3.05, 3.63) is 58.5 Å². The second kappa shape index (κ2) is 6.57. The lowest BCUT2D eigenvalue weighted by atomic mass is 10.1.